The van der Waals surface area contributed by atoms with E-state index in [0.29, 0.717) is 6.04 Å². The van der Waals surface area contributed by atoms with Gasteiger partial charge in [0.15, 0.2) is 0 Å². The molecule has 0 bridgehead atoms. The molecular formula is C12H21N3S. The number of thiazole rings is 1. The number of hydrogen-bond donors (Lipinski definition) is 1. The predicted octanol–water partition coefficient (Wildman–Crippen LogP) is 1.68. The second-order valence-corrected chi connectivity index (χ2v) is 5.85. The van der Waals surface area contributed by atoms with Crippen molar-refractivity contribution >= 4 is 11.3 Å². The van der Waals surface area contributed by atoms with Gasteiger partial charge in [0.1, 0.15) is 0 Å². The van der Waals surface area contributed by atoms with Crippen LogP contribution in [0.3, 0.4) is 0 Å². The Hall–Kier alpha value is -0.450. The Bertz CT molecular complexity index is 327. The summed E-state index contributed by atoms with van der Waals surface area (Å²) in [6.07, 6.45) is 2.32. The molecule has 3 nitrogen and oxygen atoms in total. The fourth-order valence-corrected chi connectivity index (χ4v) is 2.92. The largest absolute Gasteiger partial charge is 0.312 e. The van der Waals surface area contributed by atoms with Gasteiger partial charge in [-0.25, -0.2) is 4.98 Å². The van der Waals surface area contributed by atoms with Gasteiger partial charge in [-0.05, 0) is 27.3 Å². The zero-order valence-electron chi connectivity index (χ0n) is 10.4. The number of aryl methyl sites for hydroxylation is 1. The average Bonchev–Trinajstić information content (AvgIpc) is 2.75. The Morgan fingerprint density at radius 2 is 2.44 bits per heavy atom. The number of hydrogen-bond acceptors (Lipinski definition) is 4. The first-order valence-corrected chi connectivity index (χ1v) is 6.87. The lowest BCUT2D eigenvalue weighted by Gasteiger charge is -2.13. The minimum Gasteiger partial charge on any atom is -0.312 e. The van der Waals surface area contributed by atoms with Gasteiger partial charge in [0.05, 0.1) is 10.7 Å². The lowest BCUT2D eigenvalue weighted by Crippen LogP contribution is -2.33. The van der Waals surface area contributed by atoms with Crippen LogP contribution in [0.4, 0.5) is 0 Å². The maximum atomic E-state index is 4.47. The van der Waals surface area contributed by atoms with Crippen molar-refractivity contribution in [3.8, 4) is 0 Å². The first kappa shape index (κ1) is 12.0. The number of rotatable bonds is 4. The quantitative estimate of drug-likeness (QED) is 0.866. The highest BCUT2D eigenvalue weighted by molar-refractivity contribution is 7.09. The fourth-order valence-electron chi connectivity index (χ4n) is 2.27. The molecule has 0 spiro atoms. The molecule has 1 saturated heterocycles. The van der Waals surface area contributed by atoms with Gasteiger partial charge in [-0.3, -0.25) is 0 Å². The molecule has 1 aromatic rings. The van der Waals surface area contributed by atoms with Crippen LogP contribution in [0.25, 0.3) is 0 Å². The summed E-state index contributed by atoms with van der Waals surface area (Å²) in [5.74, 6) is 0. The molecule has 0 aromatic carbocycles. The molecule has 0 amide bonds. The monoisotopic (exact) mass is 239 g/mol. The minimum atomic E-state index is 0.666. The average molecular weight is 239 g/mol. The van der Waals surface area contributed by atoms with Crippen molar-refractivity contribution in [1.82, 2.24) is 15.2 Å². The lowest BCUT2D eigenvalue weighted by molar-refractivity contribution is 0.327. The second kappa shape index (κ2) is 5.25. The number of aromatic nitrogens is 1. The van der Waals surface area contributed by atoms with Crippen molar-refractivity contribution in [3.63, 3.8) is 0 Å². The first-order chi connectivity index (χ1) is 7.65. The van der Waals surface area contributed by atoms with Crippen LogP contribution in [-0.2, 0) is 6.42 Å². The Morgan fingerprint density at radius 1 is 1.62 bits per heavy atom. The van der Waals surface area contributed by atoms with Gasteiger partial charge < -0.3 is 10.2 Å². The van der Waals surface area contributed by atoms with E-state index in [1.54, 1.807) is 11.3 Å². The molecule has 1 aliphatic heterocycles. The van der Waals surface area contributed by atoms with Gasteiger partial charge in [0, 0.05) is 37.0 Å². The molecule has 90 valence electrons. The first-order valence-electron chi connectivity index (χ1n) is 6.00. The summed E-state index contributed by atoms with van der Waals surface area (Å²) in [4.78, 5) is 6.89. The Morgan fingerprint density at radius 3 is 3.00 bits per heavy atom. The summed E-state index contributed by atoms with van der Waals surface area (Å²) in [5.41, 5.74) is 1.23. The number of likely N-dealkylation sites (tertiary alicyclic amines) is 1. The van der Waals surface area contributed by atoms with Crippen LogP contribution in [-0.4, -0.2) is 42.1 Å². The van der Waals surface area contributed by atoms with Crippen molar-refractivity contribution in [2.24, 2.45) is 0 Å². The summed E-state index contributed by atoms with van der Waals surface area (Å²) < 4.78 is 0. The van der Waals surface area contributed by atoms with Gasteiger partial charge in [-0.2, -0.15) is 0 Å². The van der Waals surface area contributed by atoms with E-state index >= 15 is 0 Å². The maximum Gasteiger partial charge on any atom is 0.0897 e. The van der Waals surface area contributed by atoms with E-state index in [1.807, 2.05) is 0 Å². The van der Waals surface area contributed by atoms with Crippen molar-refractivity contribution in [1.29, 1.82) is 0 Å². The molecule has 1 N–H and O–H groups in total. The number of nitrogens with zero attached hydrogens (tertiary/aromatic N) is 2. The van der Waals surface area contributed by atoms with E-state index in [1.165, 1.54) is 23.7 Å². The van der Waals surface area contributed by atoms with Crippen molar-refractivity contribution < 1.29 is 0 Å². The van der Waals surface area contributed by atoms with E-state index in [0.717, 1.165) is 19.0 Å². The molecule has 4 heteroatoms. The molecule has 1 aliphatic rings. The smallest absolute Gasteiger partial charge is 0.0897 e. The minimum absolute atomic E-state index is 0.666. The van der Waals surface area contributed by atoms with E-state index in [4.69, 9.17) is 0 Å². The third-order valence-corrected chi connectivity index (χ3v) is 4.19. The highest BCUT2D eigenvalue weighted by atomic mass is 32.1. The third-order valence-electron chi connectivity index (χ3n) is 3.37. The molecule has 0 aliphatic carbocycles. The molecule has 2 heterocycles. The zero-order chi connectivity index (χ0) is 11.5. The summed E-state index contributed by atoms with van der Waals surface area (Å²) in [7, 11) is 2.20. The molecule has 2 unspecified atom stereocenters. The van der Waals surface area contributed by atoms with Gasteiger partial charge in [0.25, 0.3) is 0 Å². The van der Waals surface area contributed by atoms with Gasteiger partial charge >= 0.3 is 0 Å². The van der Waals surface area contributed by atoms with Crippen molar-refractivity contribution in [2.75, 3.05) is 20.1 Å². The highest BCUT2D eigenvalue weighted by Crippen LogP contribution is 2.14. The summed E-state index contributed by atoms with van der Waals surface area (Å²) in [5, 5.41) is 6.96. The third kappa shape index (κ3) is 3.03. The molecule has 2 atom stereocenters. The fraction of sp³-hybridized carbons (Fsp3) is 0.750. The lowest BCUT2D eigenvalue weighted by atomic mass is 10.2. The van der Waals surface area contributed by atoms with E-state index in [-0.39, 0.29) is 0 Å². The maximum absolute atomic E-state index is 4.47. The van der Waals surface area contributed by atoms with Gasteiger partial charge in [-0.15, -0.1) is 11.3 Å². The standard InChI is InChI=1S/C12H21N3S/c1-9-6-12(7-15(9)3)13-5-4-11-8-16-10(2)14-11/h8-9,12-13H,4-7H2,1-3H3. The normalized spacial score (nSPS) is 26.4. The van der Waals surface area contributed by atoms with Gasteiger partial charge in [-0.1, -0.05) is 0 Å². The molecule has 1 fully saturated rings. The Balaban J connectivity index is 1.69. The molecule has 0 saturated carbocycles. The van der Waals surface area contributed by atoms with Crippen LogP contribution < -0.4 is 5.32 Å². The Labute approximate surface area is 102 Å². The second-order valence-electron chi connectivity index (χ2n) is 4.78. The highest BCUT2D eigenvalue weighted by Gasteiger charge is 2.25. The summed E-state index contributed by atoms with van der Waals surface area (Å²) in [6, 6.07) is 1.39. The molecule has 2 rings (SSSR count). The number of likely N-dealkylation sites (N-methyl/N-ethyl adjacent to an activating group) is 1. The van der Waals surface area contributed by atoms with Gasteiger partial charge in [0.2, 0.25) is 0 Å². The Kier molecular flexibility index (Phi) is 3.95. The van der Waals surface area contributed by atoms with Crippen molar-refractivity contribution in [2.45, 2.75) is 38.8 Å². The summed E-state index contributed by atoms with van der Waals surface area (Å²) >= 11 is 1.74. The molecule has 1 aromatic heterocycles. The van der Waals surface area contributed by atoms with Crippen molar-refractivity contribution in [3.05, 3.63) is 16.1 Å². The summed E-state index contributed by atoms with van der Waals surface area (Å²) in [6.45, 7) is 6.59. The van der Waals surface area contributed by atoms with Crippen LogP contribution in [0.1, 0.15) is 24.0 Å². The predicted molar refractivity (Wildman–Crippen MR) is 69.1 cm³/mol. The van der Waals surface area contributed by atoms with Crippen LogP contribution in [0.15, 0.2) is 5.38 Å². The number of nitrogens with one attached hydrogen (secondary N) is 1. The topological polar surface area (TPSA) is 28.2 Å². The zero-order valence-corrected chi connectivity index (χ0v) is 11.2. The van der Waals surface area contributed by atoms with E-state index < -0.39 is 0 Å². The van der Waals surface area contributed by atoms with Crippen LogP contribution >= 0.6 is 11.3 Å². The molecular weight excluding hydrogens is 218 g/mol. The molecule has 16 heavy (non-hydrogen) atoms. The van der Waals surface area contributed by atoms with E-state index in [2.05, 4.69) is 41.5 Å². The molecule has 0 radical (unpaired) electrons. The van der Waals surface area contributed by atoms with Crippen LogP contribution in [0, 0.1) is 6.92 Å². The van der Waals surface area contributed by atoms with E-state index in [9.17, 15) is 0 Å². The SMILES string of the molecule is Cc1nc(CCNC2CC(C)N(C)C2)cs1. The van der Waals surface area contributed by atoms with Crippen LogP contribution in [0.5, 0.6) is 0 Å². The van der Waals surface area contributed by atoms with Crippen LogP contribution in [0.2, 0.25) is 0 Å².